The van der Waals surface area contributed by atoms with Crippen LogP contribution in [0.1, 0.15) is 64.4 Å². The first-order valence-electron chi connectivity index (χ1n) is 13.4. The summed E-state index contributed by atoms with van der Waals surface area (Å²) in [5.41, 5.74) is -13.3. The fourth-order valence-electron chi connectivity index (χ4n) is 10.3. The van der Waals surface area contributed by atoms with Crippen LogP contribution in [0.5, 0.6) is 0 Å². The largest absolute Gasteiger partial charge is 0.457 e. The van der Waals surface area contributed by atoms with Gasteiger partial charge in [0, 0.05) is 24.5 Å². The van der Waals surface area contributed by atoms with Gasteiger partial charge in [-0.2, -0.15) is 0 Å². The van der Waals surface area contributed by atoms with E-state index in [0.29, 0.717) is 6.32 Å². The fraction of sp³-hybridized carbons (Fsp3) is 0.769. The first-order chi connectivity index (χ1) is 17.7. The maximum absolute atomic E-state index is 13.5. The smallest absolute Gasteiger partial charge is 0.451 e. The van der Waals surface area contributed by atoms with Crippen LogP contribution in [0.2, 0.25) is 6.32 Å². The Balaban J connectivity index is 1.60. The average Bonchev–Trinajstić information content (AvgIpc) is 3.47. The highest BCUT2D eigenvalue weighted by molar-refractivity contribution is 6.45. The van der Waals surface area contributed by atoms with Gasteiger partial charge in [0.15, 0.2) is 23.3 Å². The molecule has 0 unspecified atom stereocenters. The van der Waals surface area contributed by atoms with E-state index in [1.807, 2.05) is 6.92 Å². The third kappa shape index (κ3) is 1.84. The zero-order valence-electron chi connectivity index (χ0n) is 22.1. The number of H-pyrrole nitrogens is 1. The molecule has 12 heteroatoms. The molecule has 3 spiro atoms. The van der Waals surface area contributed by atoms with Crippen molar-refractivity contribution in [2.75, 3.05) is 0 Å². The second-order valence-electron chi connectivity index (χ2n) is 12.8. The average molecular weight is 531 g/mol. The molecular formula is C26H34BNO10. The molecule has 0 amide bonds. The third-order valence-corrected chi connectivity index (χ3v) is 11.7. The Morgan fingerprint density at radius 2 is 1.95 bits per heavy atom. The lowest BCUT2D eigenvalue weighted by molar-refractivity contribution is -0.386. The predicted octanol–water partition coefficient (Wildman–Crippen LogP) is 0.316. The molecule has 8 rings (SSSR count). The van der Waals surface area contributed by atoms with E-state index in [2.05, 4.69) is 4.98 Å². The number of aromatic nitrogens is 1. The van der Waals surface area contributed by atoms with Crippen LogP contribution < -0.4 is 0 Å². The van der Waals surface area contributed by atoms with Gasteiger partial charge in [-0.3, -0.25) is 4.79 Å². The first kappa shape index (κ1) is 25.2. The fourth-order valence-corrected chi connectivity index (χ4v) is 10.3. The number of ketones is 1. The zero-order valence-corrected chi connectivity index (χ0v) is 22.1. The van der Waals surface area contributed by atoms with Gasteiger partial charge in [-0.25, -0.2) is 4.79 Å². The molecule has 5 N–H and O–H groups in total. The van der Waals surface area contributed by atoms with E-state index >= 15 is 0 Å². The maximum atomic E-state index is 13.5. The number of carbonyl (C=O) groups excluding carboxylic acids is 2. The predicted molar refractivity (Wildman–Crippen MR) is 128 cm³/mol. The molecule has 206 valence electrons. The Bertz CT molecular complexity index is 1270. The van der Waals surface area contributed by atoms with E-state index in [4.69, 9.17) is 18.8 Å². The van der Waals surface area contributed by atoms with Gasteiger partial charge in [0.1, 0.15) is 28.6 Å². The number of esters is 1. The van der Waals surface area contributed by atoms with Gasteiger partial charge in [0.25, 0.3) is 0 Å². The normalized spacial score (nSPS) is 55.6. The minimum atomic E-state index is -2.41. The molecule has 4 saturated carbocycles. The van der Waals surface area contributed by atoms with Gasteiger partial charge < -0.3 is 44.2 Å². The van der Waals surface area contributed by atoms with Gasteiger partial charge in [-0.05, 0) is 37.7 Å². The standard InChI is InChI=1S/C26H34BNO10/c1-6-27-37-21-10-9-15(29)16(30)24(21)26(34)20(5)22(32,36-24)12-19(21,4)25(26,38-27)18(23(20,33)13(2)3)35-17(31)14-8-7-11-28-14/h7-8,11,13,16,18,28,30,32-34H,6,9-10,12H2,1-5H3/t16-,18-,19+,20-,21+,22-,23-,24-,25-,26+/m1/s1. The number of hydrogen-bond donors (Lipinski definition) is 5. The second kappa shape index (κ2) is 6.57. The lowest BCUT2D eigenvalue weighted by atomic mass is 9.51. The number of hydrogen-bond acceptors (Lipinski definition) is 10. The molecule has 3 aliphatic heterocycles. The van der Waals surface area contributed by atoms with Crippen LogP contribution in [0, 0.1) is 16.7 Å². The van der Waals surface area contributed by atoms with Gasteiger partial charge >= 0.3 is 13.1 Å². The minimum Gasteiger partial charge on any atom is -0.451 e. The summed E-state index contributed by atoms with van der Waals surface area (Å²) in [5, 5.41) is 50.1. The molecule has 0 radical (unpaired) electrons. The molecule has 4 aliphatic carbocycles. The lowest BCUT2D eigenvalue weighted by Gasteiger charge is -2.65. The van der Waals surface area contributed by atoms with Crippen LogP contribution in [-0.4, -0.2) is 90.3 Å². The molecule has 1 aromatic rings. The van der Waals surface area contributed by atoms with Crippen molar-refractivity contribution in [1.82, 2.24) is 4.98 Å². The summed E-state index contributed by atoms with van der Waals surface area (Å²) in [7, 11) is -0.935. The Kier molecular flexibility index (Phi) is 4.35. The SMILES string of the molecule is CCB1O[C@]23CCC(=O)[C@@H](O)[C@@]24O[C@]2(O)C[C@]3(C)[C@]3(O1)[C@H](OC(=O)c1ccc[nH]1)[C@](O)(C(C)C)[C@]2(C)[C@@]34O. The minimum absolute atomic E-state index is 0.0407. The van der Waals surface area contributed by atoms with Crippen LogP contribution in [0.15, 0.2) is 18.3 Å². The van der Waals surface area contributed by atoms with E-state index in [0.717, 1.165) is 0 Å². The quantitative estimate of drug-likeness (QED) is 0.270. The first-order valence-corrected chi connectivity index (χ1v) is 13.4. The topological polar surface area (TPSA) is 168 Å². The molecule has 4 heterocycles. The monoisotopic (exact) mass is 531 g/mol. The van der Waals surface area contributed by atoms with Crippen molar-refractivity contribution in [3.05, 3.63) is 24.0 Å². The Hall–Kier alpha value is -1.80. The molecule has 7 bridgehead atoms. The van der Waals surface area contributed by atoms with Crippen LogP contribution >= 0.6 is 0 Å². The number of rotatable bonds is 4. The zero-order chi connectivity index (χ0) is 27.5. The Morgan fingerprint density at radius 1 is 1.24 bits per heavy atom. The summed E-state index contributed by atoms with van der Waals surface area (Å²) in [6.07, 6.45) is -1.62. The summed E-state index contributed by atoms with van der Waals surface area (Å²) < 4.78 is 25.9. The molecular weight excluding hydrogens is 497 g/mol. The number of ether oxygens (including phenoxy) is 2. The summed E-state index contributed by atoms with van der Waals surface area (Å²) in [6, 6.07) is 3.16. The molecule has 1 aromatic heterocycles. The van der Waals surface area contributed by atoms with E-state index in [-0.39, 0.29) is 25.0 Å². The maximum Gasteiger partial charge on any atom is 0.457 e. The molecule has 11 nitrogen and oxygen atoms in total. The highest BCUT2D eigenvalue weighted by Gasteiger charge is 3.12. The van der Waals surface area contributed by atoms with Crippen molar-refractivity contribution < 1.29 is 48.8 Å². The van der Waals surface area contributed by atoms with Crippen LogP contribution in [0.25, 0.3) is 0 Å². The number of Topliss-reactive ketones (excluding diaryl/α,β-unsaturated/α-hetero) is 1. The molecule has 38 heavy (non-hydrogen) atoms. The number of aliphatic hydroxyl groups excluding tert-OH is 1. The number of aromatic amines is 1. The molecule has 10 atom stereocenters. The van der Waals surface area contributed by atoms with Crippen molar-refractivity contribution in [2.45, 2.75) is 106 Å². The van der Waals surface area contributed by atoms with Gasteiger partial charge in [-0.15, -0.1) is 0 Å². The molecule has 3 saturated heterocycles. The number of nitrogens with one attached hydrogen (secondary N) is 1. The molecule has 7 fully saturated rings. The van der Waals surface area contributed by atoms with Crippen LogP contribution in [0.4, 0.5) is 0 Å². The molecule has 7 aliphatic rings. The van der Waals surface area contributed by atoms with Crippen molar-refractivity contribution in [2.24, 2.45) is 16.7 Å². The Morgan fingerprint density at radius 3 is 2.55 bits per heavy atom. The Labute approximate surface area is 219 Å². The van der Waals surface area contributed by atoms with Crippen molar-refractivity contribution in [3.63, 3.8) is 0 Å². The van der Waals surface area contributed by atoms with E-state index < -0.39 is 81.6 Å². The number of aliphatic hydroxyl groups is 4. The summed E-state index contributed by atoms with van der Waals surface area (Å²) in [6.45, 7) is 8.45. The van der Waals surface area contributed by atoms with Crippen molar-refractivity contribution in [3.8, 4) is 0 Å². The molecule has 0 aromatic carbocycles. The van der Waals surface area contributed by atoms with Gasteiger partial charge in [-0.1, -0.05) is 27.7 Å². The van der Waals surface area contributed by atoms with Gasteiger partial charge in [0.2, 0.25) is 0 Å². The van der Waals surface area contributed by atoms with Crippen molar-refractivity contribution in [1.29, 1.82) is 0 Å². The highest BCUT2D eigenvalue weighted by atomic mass is 16.7. The van der Waals surface area contributed by atoms with Crippen molar-refractivity contribution >= 4 is 18.9 Å². The third-order valence-electron chi connectivity index (χ3n) is 11.7. The number of carbonyl (C=O) groups is 2. The van der Waals surface area contributed by atoms with E-state index in [1.54, 1.807) is 33.0 Å². The van der Waals surface area contributed by atoms with E-state index in [9.17, 15) is 30.0 Å². The van der Waals surface area contributed by atoms with Gasteiger partial charge in [0.05, 0.1) is 11.0 Å². The van der Waals surface area contributed by atoms with Crippen LogP contribution in [-0.2, 0) is 23.6 Å². The summed E-state index contributed by atoms with van der Waals surface area (Å²) >= 11 is 0. The van der Waals surface area contributed by atoms with Crippen LogP contribution in [0.3, 0.4) is 0 Å². The highest BCUT2D eigenvalue weighted by Crippen LogP contribution is 2.92. The summed E-state index contributed by atoms with van der Waals surface area (Å²) in [4.78, 5) is 29.5. The lowest BCUT2D eigenvalue weighted by Crippen LogP contribution is -2.78. The second-order valence-corrected chi connectivity index (χ2v) is 12.8. The van der Waals surface area contributed by atoms with E-state index in [1.165, 1.54) is 13.0 Å². The summed E-state index contributed by atoms with van der Waals surface area (Å²) in [5.74, 6) is -4.28.